The van der Waals surface area contributed by atoms with Crippen LogP contribution in [-0.2, 0) is 0 Å². The first-order valence-electron chi connectivity index (χ1n) is 6.37. The second kappa shape index (κ2) is 5.54. The zero-order valence-corrected chi connectivity index (χ0v) is 11.9. The van der Waals surface area contributed by atoms with E-state index in [1.54, 1.807) is 24.3 Å². The van der Waals surface area contributed by atoms with Crippen LogP contribution in [0.5, 0.6) is 5.75 Å². The van der Waals surface area contributed by atoms with Crippen molar-refractivity contribution in [3.63, 3.8) is 0 Å². The fourth-order valence-electron chi connectivity index (χ4n) is 2.01. The van der Waals surface area contributed by atoms with Gasteiger partial charge in [-0.05, 0) is 30.3 Å². The van der Waals surface area contributed by atoms with E-state index in [-0.39, 0.29) is 22.6 Å². The third-order valence-corrected chi connectivity index (χ3v) is 3.30. The molecule has 0 atom stereocenters. The van der Waals surface area contributed by atoms with Crippen LogP contribution >= 0.6 is 11.6 Å². The zero-order chi connectivity index (χ0) is 15.7. The Kier molecular flexibility index (Phi) is 3.56. The largest absolute Gasteiger partial charge is 0.506 e. The lowest BCUT2D eigenvalue weighted by atomic mass is 10.2. The quantitative estimate of drug-likeness (QED) is 0.710. The Morgan fingerprint density at radius 3 is 2.73 bits per heavy atom. The molecular weight excluding hydrogens is 306 g/mol. The van der Waals surface area contributed by atoms with Crippen LogP contribution in [0.3, 0.4) is 0 Å². The summed E-state index contributed by atoms with van der Waals surface area (Å²) < 4.78 is 5.42. The molecule has 0 spiro atoms. The van der Waals surface area contributed by atoms with E-state index in [1.165, 1.54) is 18.2 Å². The van der Waals surface area contributed by atoms with Gasteiger partial charge in [0, 0.05) is 11.1 Å². The highest BCUT2D eigenvalue weighted by molar-refractivity contribution is 6.31. The van der Waals surface area contributed by atoms with E-state index >= 15 is 0 Å². The molecule has 0 aliphatic rings. The Morgan fingerprint density at radius 1 is 1.14 bits per heavy atom. The van der Waals surface area contributed by atoms with E-state index in [4.69, 9.17) is 16.0 Å². The summed E-state index contributed by atoms with van der Waals surface area (Å²) in [6.07, 6.45) is 0. The SMILES string of the molecule is O=C(Nc1cc(Cl)ccc1O)c1cc(=O)c2ccccc2o1. The number of rotatable bonds is 2. The van der Waals surface area contributed by atoms with Crippen molar-refractivity contribution in [3.05, 3.63) is 69.5 Å². The number of hydrogen-bond donors (Lipinski definition) is 2. The number of nitrogens with one attached hydrogen (secondary N) is 1. The molecule has 0 aliphatic heterocycles. The average molecular weight is 316 g/mol. The molecule has 2 N–H and O–H groups in total. The molecule has 110 valence electrons. The summed E-state index contributed by atoms with van der Waals surface area (Å²) >= 11 is 5.81. The molecule has 0 radical (unpaired) electrons. The lowest BCUT2D eigenvalue weighted by Gasteiger charge is -2.07. The molecule has 0 fully saturated rings. The molecule has 1 heterocycles. The van der Waals surface area contributed by atoms with Crippen LogP contribution in [-0.4, -0.2) is 11.0 Å². The van der Waals surface area contributed by atoms with Crippen LogP contribution in [0.2, 0.25) is 5.02 Å². The number of benzene rings is 2. The number of aromatic hydroxyl groups is 1. The van der Waals surface area contributed by atoms with Gasteiger partial charge in [0.1, 0.15) is 11.3 Å². The summed E-state index contributed by atoms with van der Waals surface area (Å²) in [7, 11) is 0. The monoisotopic (exact) mass is 315 g/mol. The minimum absolute atomic E-state index is 0.133. The third-order valence-electron chi connectivity index (χ3n) is 3.07. The lowest BCUT2D eigenvalue weighted by Crippen LogP contribution is -2.15. The number of phenolic OH excluding ortho intramolecular Hbond substituents is 1. The van der Waals surface area contributed by atoms with Crippen LogP contribution < -0.4 is 10.7 Å². The van der Waals surface area contributed by atoms with Crippen molar-refractivity contribution < 1.29 is 14.3 Å². The molecule has 3 rings (SSSR count). The summed E-state index contributed by atoms with van der Waals surface area (Å²) in [5.41, 5.74) is 0.131. The summed E-state index contributed by atoms with van der Waals surface area (Å²) in [5, 5.41) is 12.9. The van der Waals surface area contributed by atoms with Gasteiger partial charge in [-0.2, -0.15) is 0 Å². The number of carbonyl (C=O) groups is 1. The molecule has 3 aromatic rings. The first kappa shape index (κ1) is 14.2. The fourth-order valence-corrected chi connectivity index (χ4v) is 2.18. The van der Waals surface area contributed by atoms with Gasteiger partial charge >= 0.3 is 0 Å². The number of para-hydroxylation sites is 1. The van der Waals surface area contributed by atoms with Crippen LogP contribution in [0.4, 0.5) is 5.69 Å². The van der Waals surface area contributed by atoms with E-state index in [1.807, 2.05) is 0 Å². The van der Waals surface area contributed by atoms with Gasteiger partial charge in [-0.1, -0.05) is 23.7 Å². The third kappa shape index (κ3) is 2.66. The fraction of sp³-hybridized carbons (Fsp3) is 0. The second-order valence-corrected chi connectivity index (χ2v) is 5.02. The van der Waals surface area contributed by atoms with E-state index in [0.717, 1.165) is 6.07 Å². The molecule has 1 amide bonds. The van der Waals surface area contributed by atoms with Crippen molar-refractivity contribution in [1.82, 2.24) is 0 Å². The van der Waals surface area contributed by atoms with Crippen molar-refractivity contribution in [1.29, 1.82) is 0 Å². The first-order valence-corrected chi connectivity index (χ1v) is 6.75. The Morgan fingerprint density at radius 2 is 1.91 bits per heavy atom. The topological polar surface area (TPSA) is 79.5 Å². The number of hydrogen-bond acceptors (Lipinski definition) is 4. The van der Waals surface area contributed by atoms with Crippen LogP contribution in [0.1, 0.15) is 10.6 Å². The molecule has 0 saturated carbocycles. The van der Waals surface area contributed by atoms with Gasteiger partial charge in [-0.3, -0.25) is 9.59 Å². The maximum atomic E-state index is 12.2. The summed E-state index contributed by atoms with van der Waals surface area (Å²) in [4.78, 5) is 24.1. The van der Waals surface area contributed by atoms with Crippen molar-refractivity contribution in [2.45, 2.75) is 0 Å². The number of amides is 1. The molecule has 0 aliphatic carbocycles. The number of phenols is 1. The van der Waals surface area contributed by atoms with Gasteiger partial charge in [0.2, 0.25) is 0 Å². The summed E-state index contributed by atoms with van der Waals surface area (Å²) in [6, 6.07) is 12.0. The van der Waals surface area contributed by atoms with E-state index in [9.17, 15) is 14.7 Å². The Balaban J connectivity index is 1.99. The first-order chi connectivity index (χ1) is 10.5. The van der Waals surface area contributed by atoms with Gasteiger partial charge in [0.15, 0.2) is 11.2 Å². The molecule has 0 bridgehead atoms. The second-order valence-electron chi connectivity index (χ2n) is 4.59. The van der Waals surface area contributed by atoms with E-state index in [2.05, 4.69) is 5.32 Å². The Bertz CT molecular complexity index is 933. The predicted octanol–water partition coefficient (Wildman–Crippen LogP) is 3.40. The van der Waals surface area contributed by atoms with Gasteiger partial charge < -0.3 is 14.8 Å². The van der Waals surface area contributed by atoms with Gasteiger partial charge in [-0.25, -0.2) is 0 Å². The molecule has 1 aromatic heterocycles. The molecule has 5 nitrogen and oxygen atoms in total. The van der Waals surface area contributed by atoms with Gasteiger partial charge in [0.25, 0.3) is 5.91 Å². The van der Waals surface area contributed by atoms with Crippen LogP contribution in [0, 0.1) is 0 Å². The van der Waals surface area contributed by atoms with Crippen molar-refractivity contribution >= 4 is 34.2 Å². The highest BCUT2D eigenvalue weighted by Crippen LogP contribution is 2.27. The Labute approximate surface area is 129 Å². The molecule has 22 heavy (non-hydrogen) atoms. The smallest absolute Gasteiger partial charge is 0.291 e. The minimum Gasteiger partial charge on any atom is -0.506 e. The van der Waals surface area contributed by atoms with Crippen molar-refractivity contribution in [2.24, 2.45) is 0 Å². The Hall–Kier alpha value is -2.79. The minimum atomic E-state index is -0.652. The number of fused-ring (bicyclic) bond motifs is 1. The highest BCUT2D eigenvalue weighted by Gasteiger charge is 2.14. The van der Waals surface area contributed by atoms with Gasteiger partial charge in [-0.15, -0.1) is 0 Å². The molecular formula is C16H10ClNO4. The number of carbonyl (C=O) groups excluding carboxylic acids is 1. The molecule has 0 saturated heterocycles. The maximum absolute atomic E-state index is 12.2. The van der Waals surface area contributed by atoms with Gasteiger partial charge in [0.05, 0.1) is 11.1 Å². The molecule has 2 aromatic carbocycles. The highest BCUT2D eigenvalue weighted by atomic mass is 35.5. The number of anilines is 1. The molecule has 0 unspecified atom stereocenters. The van der Waals surface area contributed by atoms with E-state index in [0.29, 0.717) is 16.0 Å². The predicted molar refractivity (Wildman–Crippen MR) is 83.6 cm³/mol. The van der Waals surface area contributed by atoms with Crippen molar-refractivity contribution in [3.8, 4) is 5.75 Å². The normalized spacial score (nSPS) is 10.6. The average Bonchev–Trinajstić information content (AvgIpc) is 2.51. The van der Waals surface area contributed by atoms with E-state index < -0.39 is 5.91 Å². The standard InChI is InChI=1S/C16H10ClNO4/c17-9-5-6-12(19)11(7-9)18-16(21)15-8-13(20)10-3-1-2-4-14(10)22-15/h1-8,19H,(H,18,21). The van der Waals surface area contributed by atoms with Crippen LogP contribution in [0.15, 0.2) is 57.7 Å². The number of halogens is 1. The lowest BCUT2D eigenvalue weighted by molar-refractivity contribution is 0.0997. The summed E-state index contributed by atoms with van der Waals surface area (Å²) in [6.45, 7) is 0. The van der Waals surface area contributed by atoms with Crippen molar-refractivity contribution in [2.75, 3.05) is 5.32 Å². The van der Waals surface area contributed by atoms with Crippen LogP contribution in [0.25, 0.3) is 11.0 Å². The summed E-state index contributed by atoms with van der Waals surface area (Å²) in [5.74, 6) is -0.940. The zero-order valence-electron chi connectivity index (χ0n) is 11.2. The maximum Gasteiger partial charge on any atom is 0.291 e. The molecule has 6 heteroatoms.